The third-order valence-electron chi connectivity index (χ3n) is 6.57. The van der Waals surface area contributed by atoms with E-state index >= 15 is 0 Å². The summed E-state index contributed by atoms with van der Waals surface area (Å²) in [6.07, 6.45) is 4.78. The molecule has 0 radical (unpaired) electrons. The first-order chi connectivity index (χ1) is 15.0. The van der Waals surface area contributed by atoms with E-state index in [0.717, 1.165) is 25.2 Å². The first kappa shape index (κ1) is 21.7. The van der Waals surface area contributed by atoms with Crippen molar-refractivity contribution in [2.24, 2.45) is 0 Å². The number of carbonyl (C=O) groups excluding carboxylic acids is 3. The Balaban J connectivity index is 1.39. The molecule has 1 unspecified atom stereocenters. The summed E-state index contributed by atoms with van der Waals surface area (Å²) >= 11 is 0. The number of piperidine rings is 1. The van der Waals surface area contributed by atoms with Crippen LogP contribution in [-0.4, -0.2) is 89.2 Å². The molecule has 3 fully saturated rings. The Morgan fingerprint density at radius 3 is 2.45 bits per heavy atom. The third-order valence-corrected chi connectivity index (χ3v) is 6.57. The van der Waals surface area contributed by atoms with Gasteiger partial charge in [-0.15, -0.1) is 0 Å². The zero-order valence-electron chi connectivity index (χ0n) is 18.0. The minimum absolute atomic E-state index is 0.0234. The molecule has 0 aliphatic carbocycles. The van der Waals surface area contributed by atoms with Gasteiger partial charge in [-0.2, -0.15) is 0 Å². The van der Waals surface area contributed by atoms with Gasteiger partial charge in [0, 0.05) is 32.6 Å². The van der Waals surface area contributed by atoms with Gasteiger partial charge in [0.15, 0.2) is 0 Å². The second-order valence-electron chi connectivity index (χ2n) is 8.77. The molecule has 168 valence electrons. The molecule has 7 nitrogen and oxygen atoms in total. The monoisotopic (exact) mass is 430 g/mol. The summed E-state index contributed by atoms with van der Waals surface area (Å²) in [5, 5.41) is 0. The molecular weight excluding hydrogens is 399 g/mol. The molecule has 0 N–H and O–H groups in total. The molecule has 1 atom stereocenters. The van der Waals surface area contributed by atoms with Crippen LogP contribution >= 0.6 is 0 Å². The Labute approximate surface area is 182 Å². The lowest BCUT2D eigenvalue weighted by molar-refractivity contribution is -0.157. The van der Waals surface area contributed by atoms with Crippen LogP contribution in [0.15, 0.2) is 24.3 Å². The van der Waals surface area contributed by atoms with Crippen molar-refractivity contribution >= 4 is 17.7 Å². The highest BCUT2D eigenvalue weighted by molar-refractivity contribution is 5.95. The molecule has 0 bridgehead atoms. The second-order valence-corrected chi connectivity index (χ2v) is 8.77. The number of amides is 3. The maximum Gasteiger partial charge on any atom is 0.247 e. The zero-order valence-corrected chi connectivity index (χ0v) is 18.0. The molecule has 3 aliphatic heterocycles. The number of rotatable bonds is 5. The Kier molecular flexibility index (Phi) is 6.85. The Morgan fingerprint density at radius 1 is 0.968 bits per heavy atom. The standard InChI is InChI=1S/C23H31FN4O3/c24-19-7-5-18(6-8-19)15-27-17-22(30)28-13-4-12-26(16-20(28)23(27)31)21(29)9-14-25-10-2-1-3-11-25/h5-8,20H,1-4,9-17H2. The molecule has 3 aliphatic rings. The van der Waals surface area contributed by atoms with Crippen LogP contribution in [-0.2, 0) is 20.9 Å². The molecule has 31 heavy (non-hydrogen) atoms. The van der Waals surface area contributed by atoms with Crippen LogP contribution in [0.1, 0.15) is 37.7 Å². The molecule has 3 amide bonds. The molecule has 0 spiro atoms. The second kappa shape index (κ2) is 9.77. The van der Waals surface area contributed by atoms with Crippen LogP contribution in [0.4, 0.5) is 4.39 Å². The Bertz CT molecular complexity index is 810. The normalized spacial score (nSPS) is 23.0. The molecule has 0 saturated carbocycles. The Morgan fingerprint density at radius 2 is 1.71 bits per heavy atom. The van der Waals surface area contributed by atoms with Crippen LogP contribution in [0.5, 0.6) is 0 Å². The maximum absolute atomic E-state index is 13.2. The summed E-state index contributed by atoms with van der Waals surface area (Å²) in [7, 11) is 0. The summed E-state index contributed by atoms with van der Waals surface area (Å²) in [5.74, 6) is -0.504. The number of hydrogen-bond acceptors (Lipinski definition) is 4. The molecule has 4 rings (SSSR count). The number of carbonyl (C=O) groups is 3. The maximum atomic E-state index is 13.2. The summed E-state index contributed by atoms with van der Waals surface area (Å²) in [5.41, 5.74) is 0.777. The van der Waals surface area contributed by atoms with Crippen LogP contribution in [0.2, 0.25) is 0 Å². The van der Waals surface area contributed by atoms with Gasteiger partial charge in [0.1, 0.15) is 18.4 Å². The highest BCUT2D eigenvalue weighted by atomic mass is 19.1. The summed E-state index contributed by atoms with van der Waals surface area (Å²) < 4.78 is 13.2. The predicted molar refractivity (Wildman–Crippen MR) is 113 cm³/mol. The van der Waals surface area contributed by atoms with Crippen molar-refractivity contribution in [1.29, 1.82) is 0 Å². The lowest BCUT2D eigenvalue weighted by Gasteiger charge is -2.40. The minimum atomic E-state index is -0.636. The fourth-order valence-electron chi connectivity index (χ4n) is 4.80. The lowest BCUT2D eigenvalue weighted by Crippen LogP contribution is -2.61. The van der Waals surface area contributed by atoms with Crippen molar-refractivity contribution in [2.75, 3.05) is 45.8 Å². The number of hydrogen-bond donors (Lipinski definition) is 0. The van der Waals surface area contributed by atoms with E-state index in [0.29, 0.717) is 25.9 Å². The highest BCUT2D eigenvalue weighted by Crippen LogP contribution is 2.21. The van der Waals surface area contributed by atoms with Gasteiger partial charge in [0.05, 0.1) is 6.54 Å². The molecule has 3 heterocycles. The van der Waals surface area contributed by atoms with Gasteiger partial charge in [-0.05, 0) is 50.0 Å². The van der Waals surface area contributed by atoms with Crippen LogP contribution in [0, 0.1) is 5.82 Å². The van der Waals surface area contributed by atoms with Crippen molar-refractivity contribution in [3.8, 4) is 0 Å². The average Bonchev–Trinajstić information content (AvgIpc) is 3.02. The summed E-state index contributed by atoms with van der Waals surface area (Å²) in [4.78, 5) is 46.1. The van der Waals surface area contributed by atoms with E-state index in [9.17, 15) is 18.8 Å². The SMILES string of the molecule is O=C(CCN1CCCCC1)N1CCCN2C(=O)CN(Cc3ccc(F)cc3)C(=O)C2C1. The van der Waals surface area contributed by atoms with Crippen LogP contribution in [0.3, 0.4) is 0 Å². The first-order valence-corrected chi connectivity index (χ1v) is 11.3. The van der Waals surface area contributed by atoms with Crippen LogP contribution in [0.25, 0.3) is 0 Å². The van der Waals surface area contributed by atoms with Gasteiger partial charge in [-0.25, -0.2) is 4.39 Å². The van der Waals surface area contributed by atoms with Gasteiger partial charge in [-0.3, -0.25) is 14.4 Å². The van der Waals surface area contributed by atoms with Crippen molar-refractivity contribution < 1.29 is 18.8 Å². The fourth-order valence-corrected chi connectivity index (χ4v) is 4.80. The van der Waals surface area contributed by atoms with E-state index in [1.807, 2.05) is 0 Å². The fraction of sp³-hybridized carbons (Fsp3) is 0.609. The van der Waals surface area contributed by atoms with E-state index in [1.54, 1.807) is 21.9 Å². The van der Waals surface area contributed by atoms with E-state index in [4.69, 9.17) is 0 Å². The Hall–Kier alpha value is -2.48. The smallest absolute Gasteiger partial charge is 0.247 e. The number of likely N-dealkylation sites (tertiary alicyclic amines) is 1. The number of nitrogens with zero attached hydrogens (tertiary/aromatic N) is 4. The van der Waals surface area contributed by atoms with E-state index in [-0.39, 0.29) is 43.2 Å². The average molecular weight is 431 g/mol. The molecule has 1 aromatic carbocycles. The van der Waals surface area contributed by atoms with Crippen molar-refractivity contribution in [1.82, 2.24) is 19.6 Å². The lowest BCUT2D eigenvalue weighted by atomic mass is 10.1. The first-order valence-electron chi connectivity index (χ1n) is 11.3. The van der Waals surface area contributed by atoms with Gasteiger partial charge in [0.2, 0.25) is 17.7 Å². The van der Waals surface area contributed by atoms with E-state index in [2.05, 4.69) is 4.90 Å². The minimum Gasteiger partial charge on any atom is -0.340 e. The van der Waals surface area contributed by atoms with Crippen molar-refractivity contribution in [3.05, 3.63) is 35.6 Å². The molecule has 3 saturated heterocycles. The largest absolute Gasteiger partial charge is 0.340 e. The number of fused-ring (bicyclic) bond motifs is 1. The number of halogens is 1. The van der Waals surface area contributed by atoms with Crippen LogP contribution < -0.4 is 0 Å². The molecule has 8 heteroatoms. The predicted octanol–water partition coefficient (Wildman–Crippen LogP) is 1.47. The van der Waals surface area contributed by atoms with Gasteiger partial charge < -0.3 is 19.6 Å². The number of benzene rings is 1. The van der Waals surface area contributed by atoms with Crippen molar-refractivity contribution in [3.63, 3.8) is 0 Å². The zero-order chi connectivity index (χ0) is 21.8. The van der Waals surface area contributed by atoms with Gasteiger partial charge >= 0.3 is 0 Å². The molecule has 0 aromatic heterocycles. The topological polar surface area (TPSA) is 64.2 Å². The molecular formula is C23H31FN4O3. The van der Waals surface area contributed by atoms with E-state index < -0.39 is 6.04 Å². The van der Waals surface area contributed by atoms with Gasteiger partial charge in [0.25, 0.3) is 0 Å². The summed E-state index contributed by atoms with van der Waals surface area (Å²) in [6.45, 7) is 4.47. The molecule has 1 aromatic rings. The van der Waals surface area contributed by atoms with Crippen molar-refractivity contribution in [2.45, 2.75) is 44.7 Å². The summed E-state index contributed by atoms with van der Waals surface area (Å²) in [6, 6.07) is 5.33. The van der Waals surface area contributed by atoms with Gasteiger partial charge in [-0.1, -0.05) is 18.6 Å². The quantitative estimate of drug-likeness (QED) is 0.710. The highest BCUT2D eigenvalue weighted by Gasteiger charge is 2.41. The van der Waals surface area contributed by atoms with E-state index in [1.165, 1.54) is 36.3 Å². The third kappa shape index (κ3) is 5.23. The number of piperazine rings is 1.